The van der Waals surface area contributed by atoms with Gasteiger partial charge < -0.3 is 4.90 Å². The van der Waals surface area contributed by atoms with Crippen LogP contribution in [-0.4, -0.2) is 10.4 Å². The summed E-state index contributed by atoms with van der Waals surface area (Å²) in [5.41, 5.74) is 7.72. The van der Waals surface area contributed by atoms with Crippen molar-refractivity contribution in [3.63, 3.8) is 0 Å². The van der Waals surface area contributed by atoms with Crippen LogP contribution in [-0.2, 0) is 6.42 Å². The lowest BCUT2D eigenvalue weighted by atomic mass is 9.74. The number of aryl methyl sites for hydroxylation is 1. The van der Waals surface area contributed by atoms with Gasteiger partial charge in [-0.1, -0.05) is 57.5 Å². The molecule has 2 aliphatic heterocycles. The van der Waals surface area contributed by atoms with E-state index < -0.39 is 0 Å². The summed E-state index contributed by atoms with van der Waals surface area (Å²) in [7, 11) is 0. The minimum absolute atomic E-state index is 0.258. The zero-order valence-electron chi connectivity index (χ0n) is 16.3. The van der Waals surface area contributed by atoms with Crippen LogP contribution in [0.15, 0.2) is 41.6 Å². The van der Waals surface area contributed by atoms with E-state index in [-0.39, 0.29) is 5.54 Å². The molecule has 0 bridgehead atoms. The summed E-state index contributed by atoms with van der Waals surface area (Å²) in [6.45, 7) is 13.9. The highest BCUT2D eigenvalue weighted by atomic mass is 15.2. The summed E-state index contributed by atoms with van der Waals surface area (Å²) < 4.78 is 0. The Morgan fingerprint density at radius 3 is 2.50 bits per heavy atom. The Labute approximate surface area is 148 Å². The lowest BCUT2D eigenvalue weighted by Gasteiger charge is -2.53. The second-order valence-corrected chi connectivity index (χ2v) is 8.26. The van der Waals surface area contributed by atoms with E-state index in [1.54, 1.807) is 11.1 Å². The standard InChI is InChI=1S/C23H33N/c1-7-23(8-2)14-19-10-9-17(5)12-21(19)22-13-20(11-16(3)4)18(6)15-24(22)23/h9-10,12-13,15-16,22H,7-8,11,14H2,1-6H3. The van der Waals surface area contributed by atoms with Gasteiger partial charge in [0.25, 0.3) is 0 Å². The van der Waals surface area contributed by atoms with Gasteiger partial charge in [0.05, 0.1) is 6.04 Å². The molecule has 1 aromatic rings. The van der Waals surface area contributed by atoms with Crippen molar-refractivity contribution in [2.24, 2.45) is 5.92 Å². The Bertz CT molecular complexity index is 673. The number of nitrogens with zero attached hydrogens (tertiary/aromatic N) is 1. The summed E-state index contributed by atoms with van der Waals surface area (Å²) in [5, 5.41) is 0. The van der Waals surface area contributed by atoms with Crippen LogP contribution in [0.5, 0.6) is 0 Å². The molecule has 1 unspecified atom stereocenters. The SMILES string of the molecule is CCC1(CC)Cc2ccc(C)cc2C2C=C(CC(C)C)C(C)=CN21. The van der Waals surface area contributed by atoms with Crippen LogP contribution in [0.2, 0.25) is 0 Å². The minimum atomic E-state index is 0.258. The van der Waals surface area contributed by atoms with Crippen molar-refractivity contribution < 1.29 is 0 Å². The lowest BCUT2D eigenvalue weighted by Crippen LogP contribution is -2.52. The van der Waals surface area contributed by atoms with Crippen molar-refractivity contribution in [1.82, 2.24) is 4.90 Å². The highest BCUT2D eigenvalue weighted by molar-refractivity contribution is 5.46. The normalized spacial score (nSPS) is 22.0. The number of rotatable bonds is 4. The first-order chi connectivity index (χ1) is 11.4. The fourth-order valence-electron chi connectivity index (χ4n) is 4.58. The molecule has 0 amide bonds. The van der Waals surface area contributed by atoms with Crippen LogP contribution < -0.4 is 0 Å². The van der Waals surface area contributed by atoms with E-state index in [0.29, 0.717) is 12.0 Å². The van der Waals surface area contributed by atoms with E-state index in [4.69, 9.17) is 0 Å². The van der Waals surface area contributed by atoms with E-state index in [2.05, 4.69) is 76.9 Å². The topological polar surface area (TPSA) is 3.24 Å². The number of hydrogen-bond acceptors (Lipinski definition) is 1. The highest BCUT2D eigenvalue weighted by Crippen LogP contribution is 2.47. The van der Waals surface area contributed by atoms with E-state index in [0.717, 1.165) is 0 Å². The third-order valence-electron chi connectivity index (χ3n) is 6.13. The van der Waals surface area contributed by atoms with E-state index in [1.807, 2.05) is 0 Å². The molecule has 1 nitrogen and oxygen atoms in total. The van der Waals surface area contributed by atoms with Gasteiger partial charge in [0, 0.05) is 11.7 Å². The van der Waals surface area contributed by atoms with Gasteiger partial charge in [-0.3, -0.25) is 0 Å². The number of allylic oxidation sites excluding steroid dienone is 2. The molecule has 0 spiro atoms. The predicted molar refractivity (Wildman–Crippen MR) is 104 cm³/mol. The molecule has 1 aromatic carbocycles. The smallest absolute Gasteiger partial charge is 0.0735 e. The van der Waals surface area contributed by atoms with Gasteiger partial charge >= 0.3 is 0 Å². The Morgan fingerprint density at radius 2 is 1.88 bits per heavy atom. The summed E-state index contributed by atoms with van der Waals surface area (Å²) in [6, 6.07) is 7.49. The molecule has 24 heavy (non-hydrogen) atoms. The first-order valence-electron chi connectivity index (χ1n) is 9.67. The van der Waals surface area contributed by atoms with Gasteiger partial charge in [0.2, 0.25) is 0 Å². The Morgan fingerprint density at radius 1 is 1.17 bits per heavy atom. The maximum atomic E-state index is 2.69. The van der Waals surface area contributed by atoms with Gasteiger partial charge in [0.15, 0.2) is 0 Å². The first-order valence-corrected chi connectivity index (χ1v) is 9.67. The number of hydrogen-bond donors (Lipinski definition) is 0. The molecule has 2 heterocycles. The van der Waals surface area contributed by atoms with Crippen LogP contribution in [0.4, 0.5) is 0 Å². The molecule has 0 saturated carbocycles. The largest absolute Gasteiger partial charge is 0.361 e. The molecular weight excluding hydrogens is 290 g/mol. The second kappa shape index (κ2) is 6.43. The number of fused-ring (bicyclic) bond motifs is 3. The average molecular weight is 324 g/mol. The average Bonchev–Trinajstić information content (AvgIpc) is 2.55. The van der Waals surface area contributed by atoms with Crippen molar-refractivity contribution >= 4 is 0 Å². The third-order valence-corrected chi connectivity index (χ3v) is 6.13. The van der Waals surface area contributed by atoms with Crippen LogP contribution in [0, 0.1) is 12.8 Å². The van der Waals surface area contributed by atoms with Gasteiger partial charge in [-0.2, -0.15) is 0 Å². The molecule has 1 atom stereocenters. The summed E-state index contributed by atoms with van der Waals surface area (Å²) >= 11 is 0. The van der Waals surface area contributed by atoms with Gasteiger partial charge in [0.1, 0.15) is 0 Å². The van der Waals surface area contributed by atoms with Gasteiger partial charge in [-0.05, 0) is 67.7 Å². The molecule has 130 valence electrons. The van der Waals surface area contributed by atoms with Crippen molar-refractivity contribution in [3.8, 4) is 0 Å². The van der Waals surface area contributed by atoms with E-state index in [9.17, 15) is 0 Å². The van der Waals surface area contributed by atoms with Gasteiger partial charge in [-0.25, -0.2) is 0 Å². The summed E-state index contributed by atoms with van der Waals surface area (Å²) in [4.78, 5) is 2.69. The summed E-state index contributed by atoms with van der Waals surface area (Å²) in [5.74, 6) is 0.703. The zero-order valence-corrected chi connectivity index (χ0v) is 16.3. The monoisotopic (exact) mass is 323 g/mol. The molecular formula is C23H33N. The molecule has 0 aliphatic carbocycles. The predicted octanol–water partition coefficient (Wildman–Crippen LogP) is 6.34. The highest BCUT2D eigenvalue weighted by Gasteiger charge is 2.42. The maximum absolute atomic E-state index is 2.69. The fourth-order valence-corrected chi connectivity index (χ4v) is 4.58. The van der Waals surface area contributed by atoms with Crippen LogP contribution in [0.3, 0.4) is 0 Å². The molecule has 0 aromatic heterocycles. The second-order valence-electron chi connectivity index (χ2n) is 8.26. The Kier molecular flexibility index (Phi) is 4.64. The van der Waals surface area contributed by atoms with Crippen LogP contribution >= 0.6 is 0 Å². The van der Waals surface area contributed by atoms with Crippen LogP contribution in [0.25, 0.3) is 0 Å². The van der Waals surface area contributed by atoms with Crippen molar-refractivity contribution in [2.75, 3.05) is 0 Å². The van der Waals surface area contributed by atoms with Crippen molar-refractivity contribution in [2.45, 2.75) is 78.8 Å². The molecule has 0 N–H and O–H groups in total. The lowest BCUT2D eigenvalue weighted by molar-refractivity contribution is 0.0863. The Hall–Kier alpha value is -1.50. The quantitative estimate of drug-likeness (QED) is 0.624. The molecule has 2 aliphatic rings. The van der Waals surface area contributed by atoms with Crippen molar-refractivity contribution in [3.05, 3.63) is 58.3 Å². The Balaban J connectivity index is 2.14. The first kappa shape index (κ1) is 17.3. The molecule has 1 heteroatoms. The van der Waals surface area contributed by atoms with Crippen molar-refractivity contribution in [1.29, 1.82) is 0 Å². The van der Waals surface area contributed by atoms with E-state index in [1.165, 1.54) is 42.4 Å². The van der Waals surface area contributed by atoms with Gasteiger partial charge in [-0.15, -0.1) is 0 Å². The third kappa shape index (κ3) is 2.83. The minimum Gasteiger partial charge on any atom is -0.361 e. The molecule has 0 fully saturated rings. The molecule has 3 rings (SSSR count). The molecule has 0 radical (unpaired) electrons. The zero-order chi connectivity index (χ0) is 17.5. The number of benzene rings is 1. The molecule has 0 saturated heterocycles. The summed E-state index contributed by atoms with van der Waals surface area (Å²) in [6.07, 6.45) is 9.78. The van der Waals surface area contributed by atoms with E-state index >= 15 is 0 Å². The maximum Gasteiger partial charge on any atom is 0.0735 e. The van der Waals surface area contributed by atoms with Crippen LogP contribution in [0.1, 0.15) is 76.6 Å². The fraction of sp³-hybridized carbons (Fsp3) is 0.565.